The van der Waals surface area contributed by atoms with Gasteiger partial charge >= 0.3 is 11.9 Å². The third kappa shape index (κ3) is 3.94. The Bertz CT molecular complexity index is 488. The third-order valence-corrected chi connectivity index (χ3v) is 7.17. The van der Waals surface area contributed by atoms with E-state index in [0.29, 0.717) is 19.1 Å². The van der Waals surface area contributed by atoms with Crippen LogP contribution in [0, 0.1) is 28.6 Å². The van der Waals surface area contributed by atoms with Crippen molar-refractivity contribution >= 4 is 11.9 Å². The highest BCUT2D eigenvalue weighted by atomic mass is 16.5. The van der Waals surface area contributed by atoms with Crippen LogP contribution < -0.4 is 0 Å². The Kier molecular flexibility index (Phi) is 7.15. The Labute approximate surface area is 159 Å². The first-order valence-corrected chi connectivity index (χ1v) is 10.7. The normalized spacial score (nSPS) is 33.3. The van der Waals surface area contributed by atoms with Gasteiger partial charge < -0.3 is 9.47 Å². The second-order valence-electron chi connectivity index (χ2n) is 9.04. The van der Waals surface area contributed by atoms with Crippen LogP contribution in [0.4, 0.5) is 0 Å². The van der Waals surface area contributed by atoms with Crippen LogP contribution in [-0.2, 0) is 19.1 Å². The largest absolute Gasteiger partial charge is 0.465 e. The van der Waals surface area contributed by atoms with Gasteiger partial charge in [-0.25, -0.2) is 0 Å². The van der Waals surface area contributed by atoms with Crippen LogP contribution in [0.1, 0.15) is 86.0 Å². The van der Waals surface area contributed by atoms with Crippen LogP contribution in [0.5, 0.6) is 0 Å². The molecule has 0 radical (unpaired) electrons. The van der Waals surface area contributed by atoms with E-state index in [1.54, 1.807) is 0 Å². The van der Waals surface area contributed by atoms with E-state index in [4.69, 9.17) is 9.47 Å². The fourth-order valence-corrected chi connectivity index (χ4v) is 5.18. The van der Waals surface area contributed by atoms with Gasteiger partial charge in [-0.3, -0.25) is 9.59 Å². The Morgan fingerprint density at radius 3 is 1.77 bits per heavy atom. The van der Waals surface area contributed by atoms with Gasteiger partial charge in [-0.1, -0.05) is 47.5 Å². The molecule has 2 atom stereocenters. The van der Waals surface area contributed by atoms with E-state index in [1.807, 2.05) is 0 Å². The summed E-state index contributed by atoms with van der Waals surface area (Å²) >= 11 is 0. The first kappa shape index (κ1) is 21.2. The second kappa shape index (κ2) is 8.75. The van der Waals surface area contributed by atoms with E-state index in [0.717, 1.165) is 51.4 Å². The molecule has 3 fully saturated rings. The molecule has 4 nitrogen and oxygen atoms in total. The summed E-state index contributed by atoms with van der Waals surface area (Å²) in [7, 11) is 0. The molecule has 3 saturated carbocycles. The monoisotopic (exact) mass is 366 g/mol. The van der Waals surface area contributed by atoms with Crippen molar-refractivity contribution in [3.63, 3.8) is 0 Å². The number of carbonyl (C=O) groups excluding carboxylic acids is 2. The molecule has 0 aliphatic heterocycles. The number of unbranched alkanes of at least 4 members (excludes halogenated alkanes) is 2. The molecule has 0 unspecified atom stereocenters. The summed E-state index contributed by atoms with van der Waals surface area (Å²) in [6.07, 6.45) is 7.74. The molecule has 0 spiro atoms. The molecule has 0 aromatic heterocycles. The van der Waals surface area contributed by atoms with Gasteiger partial charge in [0.05, 0.1) is 25.0 Å². The predicted molar refractivity (Wildman–Crippen MR) is 103 cm³/mol. The summed E-state index contributed by atoms with van der Waals surface area (Å²) in [5.74, 6) is -0.723. The lowest BCUT2D eigenvalue weighted by atomic mass is 9.42. The highest BCUT2D eigenvalue weighted by Gasteiger charge is 2.64. The maximum atomic E-state index is 13.1. The lowest BCUT2D eigenvalue weighted by molar-refractivity contribution is -0.199. The quantitative estimate of drug-likeness (QED) is 0.419. The Balaban J connectivity index is 2.30. The van der Waals surface area contributed by atoms with E-state index in [-0.39, 0.29) is 34.6 Å². The topological polar surface area (TPSA) is 52.6 Å². The lowest BCUT2D eigenvalue weighted by Crippen LogP contribution is -2.60. The average Bonchev–Trinajstić information content (AvgIpc) is 2.61. The summed E-state index contributed by atoms with van der Waals surface area (Å²) in [4.78, 5) is 26.2. The molecule has 0 heterocycles. The maximum absolute atomic E-state index is 13.1. The summed E-state index contributed by atoms with van der Waals surface area (Å²) in [5, 5.41) is 0. The standard InChI is InChI=1S/C22H38O4/c1-6-8-14-25-19(23)17-18(20(24)26-15-9-7-2)22(16(3)4)12-10-21(17,5)11-13-22/h16-18H,6-15H2,1-5H3/t17-,18-,21?,22?/m0/s1. The third-order valence-electron chi connectivity index (χ3n) is 7.17. The zero-order valence-electron chi connectivity index (χ0n) is 17.4. The van der Waals surface area contributed by atoms with E-state index in [9.17, 15) is 9.59 Å². The number of hydrogen-bond acceptors (Lipinski definition) is 4. The molecular formula is C22H38O4. The minimum atomic E-state index is -0.363. The van der Waals surface area contributed by atoms with Crippen molar-refractivity contribution in [3.05, 3.63) is 0 Å². The van der Waals surface area contributed by atoms with Crippen molar-refractivity contribution in [2.24, 2.45) is 28.6 Å². The molecule has 3 aliphatic carbocycles. The molecule has 0 aromatic rings. The summed E-state index contributed by atoms with van der Waals surface area (Å²) < 4.78 is 11.3. The second-order valence-corrected chi connectivity index (χ2v) is 9.04. The minimum absolute atomic E-state index is 0.129. The van der Waals surface area contributed by atoms with Crippen molar-refractivity contribution in [1.29, 1.82) is 0 Å². The van der Waals surface area contributed by atoms with Gasteiger partial charge in [0.1, 0.15) is 0 Å². The molecule has 26 heavy (non-hydrogen) atoms. The van der Waals surface area contributed by atoms with Gasteiger partial charge in [-0.05, 0) is 55.3 Å². The molecule has 0 amide bonds. The molecule has 0 saturated heterocycles. The van der Waals surface area contributed by atoms with E-state index < -0.39 is 0 Å². The smallest absolute Gasteiger partial charge is 0.310 e. The molecule has 4 heteroatoms. The first-order valence-electron chi connectivity index (χ1n) is 10.7. The summed E-state index contributed by atoms with van der Waals surface area (Å²) in [5.41, 5.74) is -0.274. The van der Waals surface area contributed by atoms with Crippen molar-refractivity contribution in [2.45, 2.75) is 86.0 Å². The van der Waals surface area contributed by atoms with Crippen LogP contribution in [0.3, 0.4) is 0 Å². The molecule has 3 aliphatic rings. The van der Waals surface area contributed by atoms with Crippen molar-refractivity contribution in [2.75, 3.05) is 13.2 Å². The summed E-state index contributed by atoms with van der Waals surface area (Å²) in [6.45, 7) is 11.6. The highest BCUT2D eigenvalue weighted by Crippen LogP contribution is 2.65. The number of fused-ring (bicyclic) bond motifs is 3. The van der Waals surface area contributed by atoms with Crippen LogP contribution in [-0.4, -0.2) is 25.2 Å². The van der Waals surface area contributed by atoms with Crippen LogP contribution in [0.2, 0.25) is 0 Å². The first-order chi connectivity index (χ1) is 12.3. The fourth-order valence-electron chi connectivity index (χ4n) is 5.18. The zero-order valence-corrected chi connectivity index (χ0v) is 17.4. The molecule has 2 bridgehead atoms. The van der Waals surface area contributed by atoms with Gasteiger partial charge in [0.25, 0.3) is 0 Å². The molecule has 3 rings (SSSR count). The van der Waals surface area contributed by atoms with Crippen molar-refractivity contribution in [1.82, 2.24) is 0 Å². The molecular weight excluding hydrogens is 328 g/mol. The lowest BCUT2D eigenvalue weighted by Gasteiger charge is -2.61. The number of ether oxygens (including phenoxy) is 2. The van der Waals surface area contributed by atoms with E-state index >= 15 is 0 Å². The van der Waals surface area contributed by atoms with E-state index in [1.165, 1.54) is 0 Å². The van der Waals surface area contributed by atoms with Gasteiger partial charge in [0, 0.05) is 0 Å². The number of rotatable bonds is 9. The highest BCUT2D eigenvalue weighted by molar-refractivity contribution is 5.84. The van der Waals surface area contributed by atoms with Crippen molar-refractivity contribution < 1.29 is 19.1 Å². The van der Waals surface area contributed by atoms with Crippen LogP contribution in [0.25, 0.3) is 0 Å². The molecule has 150 valence electrons. The van der Waals surface area contributed by atoms with Gasteiger partial charge in [0.15, 0.2) is 0 Å². The maximum Gasteiger partial charge on any atom is 0.310 e. The SMILES string of the molecule is CCCCOC(=O)[C@@H]1[C@@H](C(=O)OCCCC)C2(C(C)C)CCC1(C)CC2. The molecule has 0 aromatic carbocycles. The number of carbonyl (C=O) groups is 2. The Morgan fingerprint density at radius 1 is 0.885 bits per heavy atom. The molecule has 0 N–H and O–H groups in total. The number of esters is 2. The van der Waals surface area contributed by atoms with Crippen molar-refractivity contribution in [3.8, 4) is 0 Å². The van der Waals surface area contributed by atoms with Gasteiger partial charge in [-0.15, -0.1) is 0 Å². The van der Waals surface area contributed by atoms with E-state index in [2.05, 4.69) is 34.6 Å². The van der Waals surface area contributed by atoms with Gasteiger partial charge in [0.2, 0.25) is 0 Å². The van der Waals surface area contributed by atoms with Crippen LogP contribution in [0.15, 0.2) is 0 Å². The average molecular weight is 367 g/mol. The zero-order chi connectivity index (χ0) is 19.4. The summed E-state index contributed by atoms with van der Waals surface area (Å²) in [6, 6.07) is 0. The Morgan fingerprint density at radius 2 is 1.35 bits per heavy atom. The van der Waals surface area contributed by atoms with Gasteiger partial charge in [-0.2, -0.15) is 0 Å². The van der Waals surface area contributed by atoms with Crippen LogP contribution >= 0.6 is 0 Å². The predicted octanol–water partition coefficient (Wildman–Crippen LogP) is 5.14. The minimum Gasteiger partial charge on any atom is -0.465 e. The Hall–Kier alpha value is -1.06. The fraction of sp³-hybridized carbons (Fsp3) is 0.909. The number of hydrogen-bond donors (Lipinski definition) is 0.